The van der Waals surface area contributed by atoms with Crippen LogP contribution in [-0.2, 0) is 91.1 Å². The Kier molecular flexibility index (Phi) is 29.6. The maximum Gasteiger partial charge on any atom is 0.240 e. The lowest BCUT2D eigenvalue weighted by Crippen LogP contribution is -2.42. The van der Waals surface area contributed by atoms with Crippen LogP contribution < -0.4 is 38.5 Å². The number of carbonyl (C=O) groups is 4. The molecule has 0 radical (unpaired) electrons. The number of carbonyl (C=O) groups excluding carboxylic acids is 4. The number of nitrogens with one attached hydrogen (secondary N) is 2. The number of amides is 1. The van der Waals surface area contributed by atoms with Crippen molar-refractivity contribution in [3.63, 3.8) is 0 Å². The van der Waals surface area contributed by atoms with Gasteiger partial charge in [0, 0.05) is 100 Å². The molecule has 19 rings (SSSR count). The van der Waals surface area contributed by atoms with Gasteiger partial charge in [-0.15, -0.1) is 10.8 Å². The van der Waals surface area contributed by atoms with Gasteiger partial charge in [-0.05, 0) is 236 Å². The summed E-state index contributed by atoms with van der Waals surface area (Å²) in [7, 11) is -6.39. The van der Waals surface area contributed by atoms with E-state index in [2.05, 4.69) is 77.0 Å². The molecule has 136 heavy (non-hydrogen) atoms. The number of aromatic nitrogens is 4. The number of pyridine rings is 4. The molecule has 5 N–H and O–H groups in total. The zero-order valence-corrected chi connectivity index (χ0v) is 80.4. The summed E-state index contributed by atoms with van der Waals surface area (Å²) in [6.45, 7) is 9.64. The Labute approximate surface area is 803 Å². The molecule has 4 aromatic heterocycles. The molecule has 3 aliphatic heterocycles. The standard InChI is InChI=1S/C28H29NO3.C27H29ClN2O3S.C27H28N2O7S.C25H26N2O5S.2H2/c1-17(2)21-7-5-6-8-22(21)23-15-29-24(19(4)18(23)3)14-27(30)28(11-12-28)20-9-10-25-26(13-20)32-16-31-25;1-34(32,33)19-16-20-8-10-21(11-9-20)24-6-5-7-25(29-24)30-26(31)27(17-3-2-4-18-27)22-12-14-23(28)15-13-22;30-13-15-34-14-12-28-37(32,33)22-7-4-19(5-8-22)23-3-1-2-21(29-23)17-26(31)27(10-11-27)20-6-9-24-25(16-20)36-18-35-24;1-27(2)33(29,30)21-8-4-17(5-9-21)18-3-7-20(26-15-18)14-24(28)25(11-12-25)19-6-10-22-23(13-19)32-16-31-22;;/h5-10,13,15,17H,11-12,14,16H2,1-4H3;5-15H,2-4,16-19H2,1H3,(H,29,30,31);1-9,16,28,30H,10-15,17-18H2;3-10,13,15,29-30H,11-12,14,16H2,1-2H3;2*1H. The van der Waals surface area contributed by atoms with Crippen molar-refractivity contribution >= 4 is 71.3 Å². The number of anilines is 1. The fraction of sp³-hybridized carbons (Fsp3) is 0.327. The van der Waals surface area contributed by atoms with Crippen molar-refractivity contribution in [2.45, 2.75) is 161 Å². The van der Waals surface area contributed by atoms with Gasteiger partial charge in [-0.25, -0.2) is 30.8 Å². The monoisotopic (exact) mass is 1920 g/mol. The molecule has 0 bridgehead atoms. The summed E-state index contributed by atoms with van der Waals surface area (Å²) in [5, 5.41) is 12.4. The van der Waals surface area contributed by atoms with Gasteiger partial charge in [0.15, 0.2) is 34.5 Å². The first kappa shape index (κ1) is 97.0. The molecule has 29 heteroatoms. The summed E-state index contributed by atoms with van der Waals surface area (Å²) >= 11 is 6.09. The third kappa shape index (κ3) is 22.1. The van der Waals surface area contributed by atoms with Gasteiger partial charge in [-0.3, -0.25) is 43.2 Å². The molecule has 0 saturated heterocycles. The fourth-order valence-corrected chi connectivity index (χ4v) is 20.7. The molecule has 4 aliphatic carbocycles. The molecule has 4 saturated carbocycles. The summed E-state index contributed by atoms with van der Waals surface area (Å²) in [6.07, 6.45) is 16.0. The van der Waals surface area contributed by atoms with E-state index in [9.17, 15) is 45.1 Å². The number of halogens is 1. The highest BCUT2D eigenvalue weighted by molar-refractivity contribution is 8.22. The van der Waals surface area contributed by atoms with E-state index in [0.717, 1.165) is 166 Å². The number of aryl methyl sites for hydroxylation is 1. The van der Waals surface area contributed by atoms with Crippen molar-refractivity contribution in [2.24, 2.45) is 0 Å². The highest BCUT2D eigenvalue weighted by Gasteiger charge is 2.54. The van der Waals surface area contributed by atoms with E-state index in [1.807, 2.05) is 164 Å². The first-order chi connectivity index (χ1) is 65.4. The topological polar surface area (TPSA) is 341 Å². The van der Waals surface area contributed by atoms with E-state index in [1.54, 1.807) is 50.6 Å². The Bertz CT molecular complexity index is 6640. The Morgan fingerprint density at radius 2 is 0.993 bits per heavy atom. The van der Waals surface area contributed by atoms with E-state index in [1.165, 1.54) is 39.4 Å². The molecule has 0 spiro atoms. The third-order valence-corrected chi connectivity index (χ3v) is 31.3. The zero-order valence-electron chi connectivity index (χ0n) is 77.2. The van der Waals surface area contributed by atoms with Crippen molar-refractivity contribution in [1.29, 1.82) is 0 Å². The van der Waals surface area contributed by atoms with Crippen molar-refractivity contribution in [3.8, 4) is 79.3 Å². The molecule has 8 aromatic carbocycles. The number of hydrogen-bond donors (Lipinski definition) is 5. The molecule has 1 amide bonds. The first-order valence-corrected chi connectivity index (χ1v) is 51.2. The van der Waals surface area contributed by atoms with E-state index >= 15 is 0 Å². The summed E-state index contributed by atoms with van der Waals surface area (Å²) < 4.78 is 110. The van der Waals surface area contributed by atoms with Gasteiger partial charge in [0.25, 0.3) is 0 Å². The number of aliphatic hydroxyl groups is 1. The lowest BCUT2D eigenvalue weighted by molar-refractivity contribution is -0.123. The van der Waals surface area contributed by atoms with Crippen LogP contribution in [0, 0.1) is 13.8 Å². The lowest BCUT2D eigenvalue weighted by atomic mass is 9.68. The summed E-state index contributed by atoms with van der Waals surface area (Å²) in [4.78, 5) is 72.8. The maximum absolute atomic E-state index is 13.6. The summed E-state index contributed by atoms with van der Waals surface area (Å²) in [5.74, 6) is 5.85. The number of aliphatic hydroxyl groups excluding tert-OH is 1. The summed E-state index contributed by atoms with van der Waals surface area (Å²) in [6, 6.07) is 69.7. The fourth-order valence-electron chi connectivity index (χ4n) is 18.0. The zero-order chi connectivity index (χ0) is 95.7. The third-order valence-electron chi connectivity index (χ3n) is 26.7. The van der Waals surface area contributed by atoms with Crippen molar-refractivity contribution < 1.29 is 86.2 Å². The molecule has 7 heterocycles. The van der Waals surface area contributed by atoms with Crippen LogP contribution in [0.15, 0.2) is 247 Å². The van der Waals surface area contributed by atoms with Crippen LogP contribution in [0.25, 0.3) is 44.8 Å². The SMILES string of the molecule is CN(C)S(O)(O)c1ccc(-c2ccc(CC(=O)C3(c4ccc5c(c4)OCO5)CC3)nc2)cc1.CS(=O)(=O)CCc1ccc(-c2cccc(NC(=O)C3(c4ccc(Cl)cc4)CCCCC3)n2)cc1.Cc1c(-c2ccccc2C(C)C)cnc(CC(=O)C2(c3ccc4c(c3)OCO4)CC2)c1C.O=C(Cc1cccc(-c2ccc(S(=O)(=O)NCCOCCO)cc2)n1)C1(c2ccc3c(c2)OCO3)CC1.[HH].[HH]. The molecule has 25 nitrogen and oxygen atoms in total. The number of fused-ring (bicyclic) bond motifs is 3. The molecule has 4 fully saturated rings. The van der Waals surface area contributed by atoms with Crippen LogP contribution >= 0.6 is 22.4 Å². The number of benzene rings is 8. The number of sulfone groups is 1. The largest absolute Gasteiger partial charge is 0.454 e. The minimum Gasteiger partial charge on any atom is -0.454 e. The van der Waals surface area contributed by atoms with Gasteiger partial charge in [0.2, 0.25) is 36.3 Å². The molecular weight excluding hydrogens is 1800 g/mol. The number of ketones is 3. The Balaban J connectivity index is 0.000000146. The number of nitrogens with zero attached hydrogens (tertiary/aromatic N) is 5. The van der Waals surface area contributed by atoms with Crippen LogP contribution in [0.5, 0.6) is 34.5 Å². The average molecular weight is 1920 g/mol. The quantitative estimate of drug-likeness (QED) is 0.0245. The van der Waals surface area contributed by atoms with Gasteiger partial charge in [0.1, 0.15) is 33.0 Å². The first-order valence-electron chi connectivity index (χ1n) is 45.8. The minimum atomic E-state index is -3.68. The van der Waals surface area contributed by atoms with Crippen LogP contribution in [0.1, 0.15) is 155 Å². The normalized spacial score (nSPS) is 15.9. The molecule has 0 unspecified atom stereocenters. The number of rotatable bonds is 32. The molecular formula is C107H116ClN7O18S3. The molecule has 12 aromatic rings. The number of Topliss-reactive ketones (excluding diaryl/α,β-unsaturated/α-hetero) is 3. The van der Waals surface area contributed by atoms with Crippen LogP contribution in [0.3, 0.4) is 0 Å². The highest BCUT2D eigenvalue weighted by atomic mass is 35.5. The van der Waals surface area contributed by atoms with Crippen molar-refractivity contribution in [1.82, 2.24) is 29.0 Å². The van der Waals surface area contributed by atoms with Crippen molar-refractivity contribution in [3.05, 3.63) is 303 Å². The smallest absolute Gasteiger partial charge is 0.240 e. The number of hydrogen-bond acceptors (Lipinski definition) is 23. The van der Waals surface area contributed by atoms with Crippen molar-refractivity contribution in [2.75, 3.05) is 78.2 Å². The molecule has 712 valence electrons. The number of ether oxygens (including phenoxy) is 7. The molecule has 0 atom stereocenters. The van der Waals surface area contributed by atoms with Crippen LogP contribution in [0.2, 0.25) is 5.02 Å². The lowest BCUT2D eigenvalue weighted by Gasteiger charge is -2.38. The molecule has 7 aliphatic rings. The predicted molar refractivity (Wildman–Crippen MR) is 529 cm³/mol. The average Bonchev–Trinajstić information content (AvgIpc) is 1.60. The van der Waals surface area contributed by atoms with Crippen LogP contribution in [-0.4, -0.2) is 151 Å². The predicted octanol–water partition coefficient (Wildman–Crippen LogP) is 19.9. The van der Waals surface area contributed by atoms with Gasteiger partial charge in [0.05, 0.1) is 74.1 Å². The van der Waals surface area contributed by atoms with E-state index < -0.39 is 52.3 Å². The Hall–Kier alpha value is -12.1. The highest BCUT2D eigenvalue weighted by Crippen LogP contribution is 2.56. The number of sulfonamides is 1. The van der Waals surface area contributed by atoms with E-state index in [0.29, 0.717) is 63.1 Å². The van der Waals surface area contributed by atoms with Gasteiger partial charge in [-0.2, -0.15) is 0 Å². The maximum atomic E-state index is 13.6. The van der Waals surface area contributed by atoms with Crippen LogP contribution in [0.4, 0.5) is 5.82 Å². The minimum absolute atomic E-state index is 0. The van der Waals surface area contributed by atoms with Gasteiger partial charge < -0.3 is 43.6 Å². The van der Waals surface area contributed by atoms with E-state index in [-0.39, 0.29) is 96.3 Å². The Morgan fingerprint density at radius 3 is 1.52 bits per heavy atom. The second-order valence-electron chi connectivity index (χ2n) is 36.1. The van der Waals surface area contributed by atoms with Gasteiger partial charge >= 0.3 is 0 Å². The summed E-state index contributed by atoms with van der Waals surface area (Å²) in [5.41, 5.74) is 16.1. The van der Waals surface area contributed by atoms with E-state index in [4.69, 9.17) is 54.8 Å². The second kappa shape index (κ2) is 41.5. The Morgan fingerprint density at radius 1 is 0.493 bits per heavy atom. The second-order valence-corrected chi connectivity index (χ2v) is 42.8. The van der Waals surface area contributed by atoms with Gasteiger partial charge in [-0.1, -0.05) is 166 Å².